The Hall–Kier alpha value is -0.610. The summed E-state index contributed by atoms with van der Waals surface area (Å²) >= 11 is 0. The van der Waals surface area contributed by atoms with Crippen molar-refractivity contribution < 1.29 is 9.53 Å². The molecular weight excluding hydrogens is 204 g/mol. The van der Waals surface area contributed by atoms with Gasteiger partial charge in [0, 0.05) is 25.7 Å². The number of ether oxygens (including phenoxy) is 1. The minimum absolute atomic E-state index is 0.0510. The number of carbonyl (C=O) groups excluding carboxylic acids is 1. The molecular formula is C12H24N2O2. The van der Waals surface area contributed by atoms with Gasteiger partial charge in [0.15, 0.2) is 0 Å². The summed E-state index contributed by atoms with van der Waals surface area (Å²) in [5.41, 5.74) is 0. The molecule has 0 radical (unpaired) electrons. The van der Waals surface area contributed by atoms with E-state index in [0.717, 1.165) is 32.4 Å². The van der Waals surface area contributed by atoms with Crippen LogP contribution in [0.2, 0.25) is 0 Å². The second kappa shape index (κ2) is 6.86. The highest BCUT2D eigenvalue weighted by Gasteiger charge is 2.22. The van der Waals surface area contributed by atoms with Gasteiger partial charge in [-0.25, -0.2) is 0 Å². The molecule has 0 bridgehead atoms. The van der Waals surface area contributed by atoms with Crippen LogP contribution in [0.1, 0.15) is 33.1 Å². The van der Waals surface area contributed by atoms with Crippen LogP contribution in [0.25, 0.3) is 0 Å². The van der Waals surface area contributed by atoms with E-state index in [2.05, 4.69) is 31.1 Å². The van der Waals surface area contributed by atoms with E-state index >= 15 is 0 Å². The van der Waals surface area contributed by atoms with Crippen molar-refractivity contribution in [1.82, 2.24) is 10.2 Å². The summed E-state index contributed by atoms with van der Waals surface area (Å²) in [7, 11) is 2.09. The lowest BCUT2D eigenvalue weighted by Crippen LogP contribution is -2.40. The van der Waals surface area contributed by atoms with Crippen LogP contribution in [-0.2, 0) is 9.53 Å². The van der Waals surface area contributed by atoms with Gasteiger partial charge in [-0.2, -0.15) is 0 Å². The lowest BCUT2D eigenvalue weighted by Gasteiger charge is -2.23. The molecule has 0 aromatic carbocycles. The molecule has 16 heavy (non-hydrogen) atoms. The highest BCUT2D eigenvalue weighted by Crippen LogP contribution is 2.11. The number of rotatable bonds is 6. The standard InChI is InChI=1S/C12H24N2O2/c1-4-10(2)14(3)8-7-13-12(15)11-6-5-9-16-11/h10-11H,4-9H2,1-3H3,(H,13,15)/t10-,11-/m1/s1. The second-order valence-corrected chi connectivity index (χ2v) is 4.53. The lowest BCUT2D eigenvalue weighted by atomic mass is 10.2. The molecule has 1 amide bonds. The first-order chi connectivity index (χ1) is 7.65. The fraction of sp³-hybridized carbons (Fsp3) is 0.917. The SMILES string of the molecule is CC[C@@H](C)N(C)CCNC(=O)[C@H]1CCCO1. The molecule has 1 N–H and O–H groups in total. The summed E-state index contributed by atoms with van der Waals surface area (Å²) in [6, 6.07) is 0.569. The fourth-order valence-electron chi connectivity index (χ4n) is 1.79. The molecule has 0 saturated carbocycles. The molecule has 4 nitrogen and oxygen atoms in total. The minimum atomic E-state index is -0.200. The summed E-state index contributed by atoms with van der Waals surface area (Å²) < 4.78 is 5.32. The van der Waals surface area contributed by atoms with Crippen LogP contribution in [0.5, 0.6) is 0 Å². The van der Waals surface area contributed by atoms with Gasteiger partial charge in [-0.15, -0.1) is 0 Å². The highest BCUT2D eigenvalue weighted by molar-refractivity contribution is 5.80. The quantitative estimate of drug-likeness (QED) is 0.738. The first-order valence-electron chi connectivity index (χ1n) is 6.24. The maximum Gasteiger partial charge on any atom is 0.249 e. The van der Waals surface area contributed by atoms with Crippen molar-refractivity contribution in [2.24, 2.45) is 0 Å². The normalized spacial score (nSPS) is 22.4. The molecule has 1 aliphatic heterocycles. The van der Waals surface area contributed by atoms with Crippen LogP contribution in [0.15, 0.2) is 0 Å². The number of likely N-dealkylation sites (N-methyl/N-ethyl adjacent to an activating group) is 1. The monoisotopic (exact) mass is 228 g/mol. The van der Waals surface area contributed by atoms with Gasteiger partial charge in [0.05, 0.1) is 0 Å². The van der Waals surface area contributed by atoms with Gasteiger partial charge in [0.25, 0.3) is 0 Å². The molecule has 4 heteroatoms. The number of hydrogen-bond acceptors (Lipinski definition) is 3. The molecule has 1 aliphatic rings. The van der Waals surface area contributed by atoms with Crippen molar-refractivity contribution in [1.29, 1.82) is 0 Å². The maximum absolute atomic E-state index is 11.6. The van der Waals surface area contributed by atoms with Gasteiger partial charge < -0.3 is 15.0 Å². The minimum Gasteiger partial charge on any atom is -0.368 e. The largest absolute Gasteiger partial charge is 0.368 e. The number of nitrogens with zero attached hydrogens (tertiary/aromatic N) is 1. The predicted octanol–water partition coefficient (Wildman–Crippen LogP) is 1.01. The van der Waals surface area contributed by atoms with Crippen LogP contribution in [0, 0.1) is 0 Å². The van der Waals surface area contributed by atoms with Crippen molar-refractivity contribution in [2.75, 3.05) is 26.7 Å². The molecule has 0 aromatic rings. The third kappa shape index (κ3) is 4.10. The van der Waals surface area contributed by atoms with E-state index in [4.69, 9.17) is 4.74 Å². The number of carbonyl (C=O) groups is 1. The zero-order chi connectivity index (χ0) is 12.0. The Balaban J connectivity index is 2.12. The lowest BCUT2D eigenvalue weighted by molar-refractivity contribution is -0.130. The third-order valence-corrected chi connectivity index (χ3v) is 3.33. The Bertz CT molecular complexity index is 215. The van der Waals surface area contributed by atoms with Crippen LogP contribution in [0.4, 0.5) is 0 Å². The van der Waals surface area contributed by atoms with Crippen molar-refractivity contribution in [3.8, 4) is 0 Å². The third-order valence-electron chi connectivity index (χ3n) is 3.33. The zero-order valence-electron chi connectivity index (χ0n) is 10.7. The number of nitrogens with one attached hydrogen (secondary N) is 1. The number of hydrogen-bond donors (Lipinski definition) is 1. The average Bonchev–Trinajstić information content (AvgIpc) is 2.81. The van der Waals surface area contributed by atoms with Gasteiger partial charge in [-0.1, -0.05) is 6.92 Å². The Labute approximate surface area is 98.3 Å². The molecule has 0 spiro atoms. The van der Waals surface area contributed by atoms with E-state index < -0.39 is 0 Å². The number of amides is 1. The average molecular weight is 228 g/mol. The van der Waals surface area contributed by atoms with E-state index in [0.29, 0.717) is 12.6 Å². The van der Waals surface area contributed by atoms with Crippen LogP contribution in [-0.4, -0.2) is 49.7 Å². The fourth-order valence-corrected chi connectivity index (χ4v) is 1.79. The van der Waals surface area contributed by atoms with Crippen molar-refractivity contribution in [3.63, 3.8) is 0 Å². The molecule has 1 rings (SSSR count). The van der Waals surface area contributed by atoms with Crippen molar-refractivity contribution in [3.05, 3.63) is 0 Å². The van der Waals surface area contributed by atoms with Gasteiger partial charge in [0.2, 0.25) is 5.91 Å². The molecule has 1 fully saturated rings. The van der Waals surface area contributed by atoms with Crippen LogP contribution >= 0.6 is 0 Å². The molecule has 0 aliphatic carbocycles. The first-order valence-corrected chi connectivity index (χ1v) is 6.24. The van der Waals surface area contributed by atoms with Gasteiger partial charge in [0.1, 0.15) is 6.10 Å². The molecule has 0 unspecified atom stereocenters. The topological polar surface area (TPSA) is 41.6 Å². The molecule has 1 saturated heterocycles. The summed E-state index contributed by atoms with van der Waals surface area (Å²) in [6.45, 7) is 6.70. The summed E-state index contributed by atoms with van der Waals surface area (Å²) in [6.07, 6.45) is 2.81. The van der Waals surface area contributed by atoms with E-state index in [1.54, 1.807) is 0 Å². The zero-order valence-corrected chi connectivity index (χ0v) is 10.7. The Morgan fingerprint density at radius 1 is 1.62 bits per heavy atom. The van der Waals surface area contributed by atoms with E-state index in [1.165, 1.54) is 0 Å². The second-order valence-electron chi connectivity index (χ2n) is 4.53. The summed E-state index contributed by atoms with van der Waals surface area (Å²) in [5, 5.41) is 2.93. The molecule has 2 atom stereocenters. The van der Waals surface area contributed by atoms with Crippen molar-refractivity contribution in [2.45, 2.75) is 45.3 Å². The molecule has 94 valence electrons. The maximum atomic E-state index is 11.6. The smallest absolute Gasteiger partial charge is 0.249 e. The van der Waals surface area contributed by atoms with E-state index in [1.807, 2.05) is 0 Å². The van der Waals surface area contributed by atoms with E-state index in [-0.39, 0.29) is 12.0 Å². The van der Waals surface area contributed by atoms with Gasteiger partial charge >= 0.3 is 0 Å². The Morgan fingerprint density at radius 3 is 2.94 bits per heavy atom. The van der Waals surface area contributed by atoms with E-state index in [9.17, 15) is 4.79 Å². The predicted molar refractivity (Wildman–Crippen MR) is 64.4 cm³/mol. The highest BCUT2D eigenvalue weighted by atomic mass is 16.5. The Kier molecular flexibility index (Phi) is 5.77. The summed E-state index contributed by atoms with van der Waals surface area (Å²) in [4.78, 5) is 13.9. The summed E-state index contributed by atoms with van der Waals surface area (Å²) in [5.74, 6) is 0.0510. The van der Waals surface area contributed by atoms with Crippen molar-refractivity contribution >= 4 is 5.91 Å². The molecule has 1 heterocycles. The van der Waals surface area contributed by atoms with Crippen LogP contribution in [0.3, 0.4) is 0 Å². The van der Waals surface area contributed by atoms with Gasteiger partial charge in [-0.05, 0) is 33.2 Å². The Morgan fingerprint density at radius 2 is 2.38 bits per heavy atom. The first kappa shape index (κ1) is 13.5. The van der Waals surface area contributed by atoms with Crippen LogP contribution < -0.4 is 5.32 Å². The molecule has 0 aromatic heterocycles. The van der Waals surface area contributed by atoms with Gasteiger partial charge in [-0.3, -0.25) is 4.79 Å².